The molecule has 4 aliphatic rings. The first kappa shape index (κ1) is 19.3. The Hall–Kier alpha value is -1.63. The predicted molar refractivity (Wildman–Crippen MR) is 112 cm³/mol. The number of aliphatic imine (C=N–C) groups is 1. The summed E-state index contributed by atoms with van der Waals surface area (Å²) in [4.78, 5) is 31.5. The van der Waals surface area contributed by atoms with Gasteiger partial charge in [-0.3, -0.25) is 9.59 Å². The van der Waals surface area contributed by atoms with Gasteiger partial charge in [0.1, 0.15) is 4.75 Å². The number of aromatic nitrogens is 1. The van der Waals surface area contributed by atoms with Gasteiger partial charge in [-0.2, -0.15) is 0 Å². The van der Waals surface area contributed by atoms with Crippen molar-refractivity contribution in [3.05, 3.63) is 18.0 Å². The van der Waals surface area contributed by atoms with Crippen LogP contribution < -0.4 is 0 Å². The Kier molecular flexibility index (Phi) is 5.04. The fraction of sp³-hybridized carbons (Fsp3) is 0.727. The minimum absolute atomic E-state index is 0.0563. The highest BCUT2D eigenvalue weighted by Gasteiger charge is 2.46. The van der Waals surface area contributed by atoms with Crippen LogP contribution in [0.25, 0.3) is 0 Å². The van der Waals surface area contributed by atoms with Crippen molar-refractivity contribution in [3.8, 4) is 0 Å². The van der Waals surface area contributed by atoms with E-state index in [1.807, 2.05) is 4.90 Å². The third-order valence-corrected chi connectivity index (χ3v) is 8.86. The van der Waals surface area contributed by atoms with Gasteiger partial charge in [0.15, 0.2) is 0 Å². The summed E-state index contributed by atoms with van der Waals surface area (Å²) in [5.74, 6) is 3.28. The second-order valence-electron chi connectivity index (χ2n) is 9.60. The van der Waals surface area contributed by atoms with Gasteiger partial charge in [0.2, 0.25) is 5.76 Å². The Morgan fingerprint density at radius 1 is 1.28 bits per heavy atom. The average Bonchev–Trinajstić information content (AvgIpc) is 3.48. The molecule has 156 valence electrons. The molecular formula is C22H29N3O3S. The third kappa shape index (κ3) is 3.78. The van der Waals surface area contributed by atoms with E-state index in [0.717, 1.165) is 48.5 Å². The van der Waals surface area contributed by atoms with Gasteiger partial charge in [0, 0.05) is 19.2 Å². The number of carbonyl (C=O) groups excluding carboxylic acids is 2. The first-order valence-electron chi connectivity index (χ1n) is 11.0. The number of rotatable bonds is 5. The van der Waals surface area contributed by atoms with E-state index in [1.165, 1.54) is 31.9 Å². The lowest BCUT2D eigenvalue weighted by Gasteiger charge is -2.34. The Morgan fingerprint density at radius 2 is 2.10 bits per heavy atom. The normalized spacial score (nSPS) is 34.8. The molecule has 3 fully saturated rings. The van der Waals surface area contributed by atoms with E-state index in [9.17, 15) is 9.59 Å². The first-order valence-corrected chi connectivity index (χ1v) is 11.8. The lowest BCUT2D eigenvalue weighted by Crippen LogP contribution is -2.40. The van der Waals surface area contributed by atoms with Crippen molar-refractivity contribution in [2.24, 2.45) is 28.7 Å². The molecule has 0 N–H and O–H groups in total. The molecule has 2 aliphatic heterocycles. The highest BCUT2D eigenvalue weighted by atomic mass is 32.2. The minimum Gasteiger partial charge on any atom is -0.351 e. The number of piperidine rings is 1. The Balaban J connectivity index is 1.13. The molecule has 2 amide bonds. The fourth-order valence-corrected chi connectivity index (χ4v) is 7.40. The molecule has 1 aromatic heterocycles. The quantitative estimate of drug-likeness (QED) is 0.721. The second kappa shape index (κ2) is 7.56. The average molecular weight is 416 g/mol. The molecular weight excluding hydrogens is 386 g/mol. The van der Waals surface area contributed by atoms with E-state index >= 15 is 0 Å². The largest absolute Gasteiger partial charge is 0.351 e. The molecule has 2 saturated carbocycles. The first-order chi connectivity index (χ1) is 14.0. The van der Waals surface area contributed by atoms with Gasteiger partial charge in [-0.1, -0.05) is 23.3 Å². The SMILES string of the molecule is CC1(CC2CCN(C(=O)c3ccno3)CC2)SC(C[C@H]2C[C@@H]3CC[C@H]2C3)=NC1=O. The number of thioether (sulfide) groups is 1. The van der Waals surface area contributed by atoms with E-state index in [0.29, 0.717) is 24.8 Å². The number of fused-ring (bicyclic) bond motifs is 2. The number of amides is 2. The predicted octanol–water partition coefficient (Wildman–Crippen LogP) is 4.17. The summed E-state index contributed by atoms with van der Waals surface area (Å²) >= 11 is 1.73. The monoisotopic (exact) mass is 415 g/mol. The summed E-state index contributed by atoms with van der Waals surface area (Å²) in [6.45, 7) is 3.49. The zero-order valence-electron chi connectivity index (χ0n) is 17.0. The highest BCUT2D eigenvalue weighted by molar-refractivity contribution is 8.16. The zero-order valence-corrected chi connectivity index (χ0v) is 17.8. The second-order valence-corrected chi connectivity index (χ2v) is 11.2. The van der Waals surface area contributed by atoms with E-state index in [1.54, 1.807) is 17.8 Å². The van der Waals surface area contributed by atoms with Gasteiger partial charge in [-0.05, 0) is 75.5 Å². The molecule has 5 rings (SSSR count). The van der Waals surface area contributed by atoms with E-state index in [2.05, 4.69) is 17.1 Å². The van der Waals surface area contributed by atoms with Gasteiger partial charge in [0.25, 0.3) is 11.8 Å². The van der Waals surface area contributed by atoms with Crippen LogP contribution in [0.5, 0.6) is 0 Å². The van der Waals surface area contributed by atoms with Crippen molar-refractivity contribution in [3.63, 3.8) is 0 Å². The zero-order chi connectivity index (χ0) is 20.0. The number of hydrogen-bond acceptors (Lipinski definition) is 5. The maximum Gasteiger partial charge on any atom is 0.292 e. The van der Waals surface area contributed by atoms with Crippen molar-refractivity contribution in [1.29, 1.82) is 0 Å². The summed E-state index contributed by atoms with van der Waals surface area (Å²) in [6.07, 6.45) is 10.7. The third-order valence-electron chi connectivity index (χ3n) is 7.57. The van der Waals surface area contributed by atoms with Crippen LogP contribution >= 0.6 is 11.8 Å². The van der Waals surface area contributed by atoms with E-state index in [-0.39, 0.29) is 11.8 Å². The molecule has 2 aliphatic carbocycles. The summed E-state index contributed by atoms with van der Waals surface area (Å²) in [6, 6.07) is 1.61. The number of hydrogen-bond donors (Lipinski definition) is 0. The van der Waals surface area contributed by atoms with Crippen molar-refractivity contribution in [2.45, 2.75) is 63.0 Å². The fourth-order valence-electron chi connectivity index (χ4n) is 6.00. The smallest absolute Gasteiger partial charge is 0.292 e. The molecule has 2 bridgehead atoms. The van der Waals surface area contributed by atoms with Gasteiger partial charge in [-0.25, -0.2) is 4.99 Å². The number of nitrogens with zero attached hydrogens (tertiary/aromatic N) is 3. The lowest BCUT2D eigenvalue weighted by atomic mass is 9.86. The van der Waals surface area contributed by atoms with Crippen LogP contribution in [0.1, 0.15) is 68.8 Å². The van der Waals surface area contributed by atoms with Crippen molar-refractivity contribution in [1.82, 2.24) is 10.1 Å². The Labute approximate surface area is 175 Å². The number of likely N-dealkylation sites (tertiary alicyclic amines) is 1. The standard InChI is InChI=1S/C22H29N3O3S/c1-22(13-14-5-8-25(9-6-14)20(26)18-4-7-23-28-18)21(27)24-19(29-22)12-17-11-15-2-3-16(17)10-15/h4,7,14-17H,2-3,5-6,8-13H2,1H3/t15-,16+,17-,22?/m1/s1. The van der Waals surface area contributed by atoms with Crippen molar-refractivity contribution < 1.29 is 14.1 Å². The van der Waals surface area contributed by atoms with Crippen LogP contribution in [0.15, 0.2) is 21.8 Å². The summed E-state index contributed by atoms with van der Waals surface area (Å²) in [7, 11) is 0. The van der Waals surface area contributed by atoms with Gasteiger partial charge < -0.3 is 9.42 Å². The molecule has 0 radical (unpaired) electrons. The molecule has 1 aromatic rings. The maximum absolute atomic E-state index is 12.7. The Morgan fingerprint density at radius 3 is 2.76 bits per heavy atom. The summed E-state index contributed by atoms with van der Waals surface area (Å²) < 4.78 is 4.57. The summed E-state index contributed by atoms with van der Waals surface area (Å²) in [5, 5.41) is 4.70. The van der Waals surface area contributed by atoms with E-state index in [4.69, 9.17) is 4.52 Å². The molecule has 1 unspecified atom stereocenters. The lowest BCUT2D eigenvalue weighted by molar-refractivity contribution is -0.119. The van der Waals surface area contributed by atoms with Crippen molar-refractivity contribution >= 4 is 28.6 Å². The van der Waals surface area contributed by atoms with Gasteiger partial charge >= 0.3 is 0 Å². The molecule has 1 saturated heterocycles. The Bertz CT molecular complexity index is 815. The van der Waals surface area contributed by atoms with E-state index < -0.39 is 4.75 Å². The molecule has 4 atom stereocenters. The maximum atomic E-state index is 12.7. The van der Waals surface area contributed by atoms with Crippen LogP contribution in [0, 0.1) is 23.7 Å². The topological polar surface area (TPSA) is 75.8 Å². The van der Waals surface area contributed by atoms with Crippen LogP contribution in [0.4, 0.5) is 0 Å². The van der Waals surface area contributed by atoms with Crippen LogP contribution in [0.3, 0.4) is 0 Å². The van der Waals surface area contributed by atoms with Crippen molar-refractivity contribution in [2.75, 3.05) is 13.1 Å². The molecule has 6 nitrogen and oxygen atoms in total. The molecule has 7 heteroatoms. The molecule has 0 aromatic carbocycles. The number of carbonyl (C=O) groups is 2. The molecule has 3 heterocycles. The van der Waals surface area contributed by atoms with Crippen LogP contribution in [0.2, 0.25) is 0 Å². The van der Waals surface area contributed by atoms with Gasteiger partial charge in [0.05, 0.1) is 11.2 Å². The van der Waals surface area contributed by atoms with Crippen LogP contribution in [-0.4, -0.2) is 44.8 Å². The highest BCUT2D eigenvalue weighted by Crippen LogP contribution is 2.51. The van der Waals surface area contributed by atoms with Gasteiger partial charge in [-0.15, -0.1) is 0 Å². The minimum atomic E-state index is -0.422. The molecule has 0 spiro atoms. The van der Waals surface area contributed by atoms with Crippen LogP contribution in [-0.2, 0) is 4.79 Å². The summed E-state index contributed by atoms with van der Waals surface area (Å²) in [5.41, 5.74) is 0. The molecule has 29 heavy (non-hydrogen) atoms.